The first-order valence-corrected chi connectivity index (χ1v) is 10.6. The van der Waals surface area contributed by atoms with Gasteiger partial charge in [-0.1, -0.05) is 11.8 Å². The SMILES string of the molecule is Sc1ccc(Sc2ccc(SC3CCC(S)CC3)cc2)s1. The average Bonchev–Trinajstić information content (AvgIpc) is 2.89. The van der Waals surface area contributed by atoms with Crippen molar-refractivity contribution in [3.05, 3.63) is 36.4 Å². The zero-order chi connectivity index (χ0) is 14.7. The fourth-order valence-electron chi connectivity index (χ4n) is 2.42. The highest BCUT2D eigenvalue weighted by molar-refractivity contribution is 8.01. The van der Waals surface area contributed by atoms with Gasteiger partial charge in [-0.3, -0.25) is 0 Å². The minimum Gasteiger partial charge on any atom is -0.176 e. The zero-order valence-electron chi connectivity index (χ0n) is 11.6. The van der Waals surface area contributed by atoms with E-state index in [4.69, 9.17) is 0 Å². The maximum absolute atomic E-state index is 4.57. The topological polar surface area (TPSA) is 0 Å². The molecule has 0 unspecified atom stereocenters. The summed E-state index contributed by atoms with van der Waals surface area (Å²) >= 11 is 14.5. The van der Waals surface area contributed by atoms with Crippen LogP contribution >= 0.6 is 60.1 Å². The largest absolute Gasteiger partial charge is 0.176 e. The lowest BCUT2D eigenvalue weighted by Crippen LogP contribution is -2.15. The van der Waals surface area contributed by atoms with E-state index >= 15 is 0 Å². The maximum Gasteiger partial charge on any atom is 0.0658 e. The summed E-state index contributed by atoms with van der Waals surface area (Å²) in [6, 6.07) is 13.2. The Morgan fingerprint density at radius 3 is 2.19 bits per heavy atom. The van der Waals surface area contributed by atoms with Crippen molar-refractivity contribution in [1.29, 1.82) is 0 Å². The molecule has 0 N–H and O–H groups in total. The van der Waals surface area contributed by atoms with Crippen LogP contribution in [0, 0.1) is 0 Å². The van der Waals surface area contributed by atoms with Crippen molar-refractivity contribution in [2.24, 2.45) is 0 Å². The molecule has 1 aliphatic rings. The Morgan fingerprint density at radius 1 is 0.905 bits per heavy atom. The van der Waals surface area contributed by atoms with Gasteiger partial charge in [-0.05, 0) is 62.1 Å². The fourth-order valence-corrected chi connectivity index (χ4v) is 6.31. The Balaban J connectivity index is 1.56. The molecular formula is C16H18S5. The summed E-state index contributed by atoms with van der Waals surface area (Å²) in [7, 11) is 0. The lowest BCUT2D eigenvalue weighted by Gasteiger charge is -2.25. The van der Waals surface area contributed by atoms with Gasteiger partial charge < -0.3 is 0 Å². The monoisotopic (exact) mass is 370 g/mol. The molecule has 1 aliphatic carbocycles. The van der Waals surface area contributed by atoms with Crippen LogP contribution in [-0.4, -0.2) is 10.5 Å². The van der Waals surface area contributed by atoms with E-state index in [0.29, 0.717) is 5.25 Å². The first kappa shape index (κ1) is 16.2. The molecule has 2 aromatic rings. The molecule has 3 rings (SSSR count). The van der Waals surface area contributed by atoms with E-state index in [1.54, 1.807) is 11.3 Å². The van der Waals surface area contributed by atoms with Crippen LogP contribution in [0.25, 0.3) is 0 Å². The Kier molecular flexibility index (Phi) is 5.96. The standard InChI is InChI=1S/C16H18S5/c17-11-1-3-12(4-2-11)19-13-5-7-14(8-6-13)20-16-10-9-15(18)21-16/h5-12,17-18H,1-4H2. The molecule has 1 aromatic heterocycles. The van der Waals surface area contributed by atoms with Crippen LogP contribution < -0.4 is 0 Å². The molecule has 0 nitrogen and oxygen atoms in total. The number of thiophene rings is 1. The van der Waals surface area contributed by atoms with Crippen LogP contribution in [0.2, 0.25) is 0 Å². The summed E-state index contributed by atoms with van der Waals surface area (Å²) in [5.74, 6) is 0. The van der Waals surface area contributed by atoms with Gasteiger partial charge in [0.05, 0.1) is 8.42 Å². The highest BCUT2D eigenvalue weighted by atomic mass is 32.2. The second kappa shape index (κ2) is 7.73. The molecule has 1 aromatic carbocycles. The Labute approximate surface area is 150 Å². The number of thiol groups is 2. The minimum absolute atomic E-state index is 0.628. The molecule has 0 saturated heterocycles. The van der Waals surface area contributed by atoms with E-state index in [2.05, 4.69) is 61.7 Å². The molecule has 0 aliphatic heterocycles. The average molecular weight is 371 g/mol. The van der Waals surface area contributed by atoms with Gasteiger partial charge in [-0.2, -0.15) is 12.6 Å². The van der Waals surface area contributed by atoms with Crippen molar-refractivity contribution in [2.75, 3.05) is 0 Å². The van der Waals surface area contributed by atoms with E-state index in [-0.39, 0.29) is 0 Å². The minimum atomic E-state index is 0.628. The van der Waals surface area contributed by atoms with E-state index in [0.717, 1.165) is 9.46 Å². The van der Waals surface area contributed by atoms with Crippen LogP contribution in [0.5, 0.6) is 0 Å². The van der Waals surface area contributed by atoms with Gasteiger partial charge in [-0.25, -0.2) is 0 Å². The zero-order valence-corrected chi connectivity index (χ0v) is 15.8. The second-order valence-corrected chi connectivity index (χ2v) is 10.6. The van der Waals surface area contributed by atoms with Crippen LogP contribution in [0.15, 0.2) is 54.6 Å². The predicted molar refractivity (Wildman–Crippen MR) is 103 cm³/mol. The van der Waals surface area contributed by atoms with Crippen LogP contribution in [-0.2, 0) is 0 Å². The number of rotatable bonds is 4. The van der Waals surface area contributed by atoms with Crippen molar-refractivity contribution in [3.8, 4) is 0 Å². The number of benzene rings is 1. The molecule has 5 heteroatoms. The van der Waals surface area contributed by atoms with Crippen LogP contribution in [0.4, 0.5) is 0 Å². The normalized spacial score (nSPS) is 22.4. The van der Waals surface area contributed by atoms with Crippen molar-refractivity contribution in [1.82, 2.24) is 0 Å². The van der Waals surface area contributed by atoms with Crippen LogP contribution in [0.3, 0.4) is 0 Å². The Hall–Kier alpha value is 0.320. The van der Waals surface area contributed by atoms with Crippen molar-refractivity contribution in [3.63, 3.8) is 0 Å². The molecule has 1 saturated carbocycles. The van der Waals surface area contributed by atoms with Gasteiger partial charge in [-0.15, -0.1) is 35.7 Å². The van der Waals surface area contributed by atoms with Gasteiger partial charge in [0.1, 0.15) is 0 Å². The van der Waals surface area contributed by atoms with Gasteiger partial charge in [0, 0.05) is 20.3 Å². The molecule has 1 fully saturated rings. The fraction of sp³-hybridized carbons (Fsp3) is 0.375. The number of thioether (sulfide) groups is 1. The molecule has 0 amide bonds. The van der Waals surface area contributed by atoms with E-state index < -0.39 is 0 Å². The van der Waals surface area contributed by atoms with Crippen molar-refractivity contribution >= 4 is 60.1 Å². The van der Waals surface area contributed by atoms with Gasteiger partial charge >= 0.3 is 0 Å². The third-order valence-electron chi connectivity index (χ3n) is 3.56. The summed E-state index contributed by atoms with van der Waals surface area (Å²) in [6.07, 6.45) is 5.13. The summed E-state index contributed by atoms with van der Waals surface area (Å²) < 4.78 is 2.37. The summed E-state index contributed by atoms with van der Waals surface area (Å²) in [4.78, 5) is 2.69. The highest BCUT2D eigenvalue weighted by Gasteiger charge is 2.19. The molecule has 0 spiro atoms. The summed E-state index contributed by atoms with van der Waals surface area (Å²) in [6.45, 7) is 0. The number of hydrogen-bond donors (Lipinski definition) is 2. The molecule has 0 bridgehead atoms. The van der Waals surface area contributed by atoms with Crippen LogP contribution in [0.1, 0.15) is 25.7 Å². The first-order chi connectivity index (χ1) is 10.2. The second-order valence-electron chi connectivity index (χ2n) is 5.21. The lowest BCUT2D eigenvalue weighted by molar-refractivity contribution is 0.530. The predicted octanol–water partition coefficient (Wildman–Crippen LogP) is 6.52. The first-order valence-electron chi connectivity index (χ1n) is 7.10. The van der Waals surface area contributed by atoms with Crippen molar-refractivity contribution in [2.45, 2.75) is 54.4 Å². The van der Waals surface area contributed by atoms with Crippen molar-refractivity contribution < 1.29 is 0 Å². The highest BCUT2D eigenvalue weighted by Crippen LogP contribution is 2.38. The Bertz CT molecular complexity index is 567. The van der Waals surface area contributed by atoms with Gasteiger partial charge in [0.15, 0.2) is 0 Å². The summed E-state index contributed by atoms with van der Waals surface area (Å²) in [5.41, 5.74) is 0. The van der Waals surface area contributed by atoms with E-state index in [9.17, 15) is 0 Å². The number of hydrogen-bond acceptors (Lipinski definition) is 5. The maximum atomic E-state index is 4.57. The molecule has 1 heterocycles. The molecule has 112 valence electrons. The lowest BCUT2D eigenvalue weighted by atomic mass is 10.00. The van der Waals surface area contributed by atoms with E-state index in [1.807, 2.05) is 23.5 Å². The smallest absolute Gasteiger partial charge is 0.0658 e. The van der Waals surface area contributed by atoms with Gasteiger partial charge in [0.2, 0.25) is 0 Å². The molecular weight excluding hydrogens is 353 g/mol. The third-order valence-corrected chi connectivity index (χ3v) is 7.87. The van der Waals surface area contributed by atoms with Gasteiger partial charge in [0.25, 0.3) is 0 Å². The van der Waals surface area contributed by atoms with E-state index in [1.165, 1.54) is 39.7 Å². The third kappa shape index (κ3) is 4.90. The summed E-state index contributed by atoms with van der Waals surface area (Å²) in [5, 5.41) is 1.40. The molecule has 0 radical (unpaired) electrons. The Morgan fingerprint density at radius 2 is 1.57 bits per heavy atom. The quantitative estimate of drug-likeness (QED) is 0.588. The molecule has 21 heavy (non-hydrogen) atoms. The molecule has 0 atom stereocenters.